The van der Waals surface area contributed by atoms with Crippen LogP contribution in [0.2, 0.25) is 0 Å². The van der Waals surface area contributed by atoms with Crippen molar-refractivity contribution in [2.75, 3.05) is 31.2 Å². The SMILES string of the molecule is C[C@@H]1COC[C@H](C)N1C(=O)c1cc(F)ccc1Oc1cncnc1N1CC2(CC(Oc3cccc4c3CNC4)C2)C1. The number of aromatic nitrogens is 2. The van der Waals surface area contributed by atoms with Gasteiger partial charge in [-0.05, 0) is 56.5 Å². The first-order chi connectivity index (χ1) is 19.9. The number of nitrogens with zero attached hydrogens (tertiary/aromatic N) is 4. The van der Waals surface area contributed by atoms with Crippen LogP contribution in [0.4, 0.5) is 10.2 Å². The second-order valence-electron chi connectivity index (χ2n) is 11.9. The summed E-state index contributed by atoms with van der Waals surface area (Å²) in [5, 5.41) is 3.40. The maximum absolute atomic E-state index is 14.3. The second kappa shape index (κ2) is 10.3. The number of halogens is 1. The lowest BCUT2D eigenvalue weighted by atomic mass is 9.61. The summed E-state index contributed by atoms with van der Waals surface area (Å²) in [5.74, 6) is 1.59. The molecule has 0 bridgehead atoms. The minimum atomic E-state index is -0.498. The molecule has 4 heterocycles. The van der Waals surface area contributed by atoms with Crippen LogP contribution in [-0.2, 0) is 17.8 Å². The molecule has 3 fully saturated rings. The number of rotatable bonds is 6. The van der Waals surface area contributed by atoms with Crippen molar-refractivity contribution in [2.24, 2.45) is 5.41 Å². The molecule has 7 rings (SSSR count). The Hall–Kier alpha value is -3.76. The van der Waals surface area contributed by atoms with Gasteiger partial charge in [0, 0.05) is 37.2 Å². The number of amides is 1. The van der Waals surface area contributed by atoms with E-state index in [1.165, 1.54) is 35.7 Å². The van der Waals surface area contributed by atoms with E-state index in [4.69, 9.17) is 14.2 Å². The third-order valence-corrected chi connectivity index (χ3v) is 8.77. The van der Waals surface area contributed by atoms with Gasteiger partial charge in [0.2, 0.25) is 0 Å². The van der Waals surface area contributed by atoms with Crippen molar-refractivity contribution in [1.29, 1.82) is 0 Å². The predicted molar refractivity (Wildman–Crippen MR) is 150 cm³/mol. The van der Waals surface area contributed by atoms with Gasteiger partial charge in [-0.1, -0.05) is 12.1 Å². The summed E-state index contributed by atoms with van der Waals surface area (Å²) in [7, 11) is 0. The molecule has 1 aliphatic carbocycles. The van der Waals surface area contributed by atoms with Gasteiger partial charge in [0.1, 0.15) is 29.7 Å². The fourth-order valence-electron chi connectivity index (χ4n) is 6.79. The number of carbonyl (C=O) groups is 1. The van der Waals surface area contributed by atoms with Crippen molar-refractivity contribution in [3.63, 3.8) is 0 Å². The Morgan fingerprint density at radius 2 is 1.88 bits per heavy atom. The van der Waals surface area contributed by atoms with E-state index in [0.29, 0.717) is 24.8 Å². The molecule has 0 radical (unpaired) electrons. The summed E-state index contributed by atoms with van der Waals surface area (Å²) in [6.07, 6.45) is 5.30. The summed E-state index contributed by atoms with van der Waals surface area (Å²) in [5.41, 5.74) is 2.97. The summed E-state index contributed by atoms with van der Waals surface area (Å²) < 4.78 is 32.6. The van der Waals surface area contributed by atoms with Crippen molar-refractivity contribution >= 4 is 11.7 Å². The molecular weight excluding hydrogens is 525 g/mol. The number of nitrogens with one attached hydrogen (secondary N) is 1. The predicted octanol–water partition coefficient (Wildman–Crippen LogP) is 4.31. The fourth-order valence-corrected chi connectivity index (χ4v) is 6.79. The van der Waals surface area contributed by atoms with Crippen LogP contribution in [0.5, 0.6) is 17.2 Å². The second-order valence-corrected chi connectivity index (χ2v) is 11.9. The highest BCUT2D eigenvalue weighted by Gasteiger charge is 2.54. The molecule has 1 saturated carbocycles. The maximum atomic E-state index is 14.3. The molecular formula is C31H34FN5O4. The molecule has 10 heteroatoms. The maximum Gasteiger partial charge on any atom is 0.258 e. The number of hydrogen-bond acceptors (Lipinski definition) is 8. The minimum absolute atomic E-state index is 0.134. The van der Waals surface area contributed by atoms with Crippen LogP contribution < -0.4 is 19.7 Å². The Morgan fingerprint density at radius 3 is 2.68 bits per heavy atom. The van der Waals surface area contributed by atoms with E-state index in [1.54, 1.807) is 11.1 Å². The molecule has 214 valence electrons. The summed E-state index contributed by atoms with van der Waals surface area (Å²) in [6, 6.07) is 10.1. The van der Waals surface area contributed by atoms with Gasteiger partial charge in [0.05, 0.1) is 37.1 Å². The summed E-state index contributed by atoms with van der Waals surface area (Å²) >= 11 is 0. The third kappa shape index (κ3) is 4.78. The zero-order valence-corrected chi connectivity index (χ0v) is 23.3. The van der Waals surface area contributed by atoms with Gasteiger partial charge in [-0.2, -0.15) is 0 Å². The number of hydrogen-bond donors (Lipinski definition) is 1. The van der Waals surface area contributed by atoms with Crippen LogP contribution in [-0.4, -0.2) is 65.3 Å². The molecule has 3 aromatic rings. The molecule has 2 aromatic carbocycles. The smallest absolute Gasteiger partial charge is 0.258 e. The number of benzene rings is 2. The Kier molecular flexibility index (Phi) is 6.54. The average Bonchev–Trinajstić information content (AvgIpc) is 3.40. The van der Waals surface area contributed by atoms with E-state index in [1.807, 2.05) is 13.8 Å². The standard InChI is InChI=1S/C31H34FN5O4/c1-19-14-39-15-20(2)37(19)30(38)24-8-22(32)6-7-27(24)41-28-13-34-18-35-29(28)36-16-31(17-36)9-23(10-31)40-26-5-3-4-21-11-33-12-25(21)26/h3-8,13,18-20,23,33H,9-12,14-17H2,1-2H3/t19-,20+. The lowest BCUT2D eigenvalue weighted by molar-refractivity contribution is -0.0348. The first kappa shape index (κ1) is 26.2. The number of ether oxygens (including phenoxy) is 3. The summed E-state index contributed by atoms with van der Waals surface area (Å²) in [6.45, 7) is 8.17. The largest absolute Gasteiger partial charge is 0.490 e. The highest BCUT2D eigenvalue weighted by molar-refractivity contribution is 5.97. The van der Waals surface area contributed by atoms with Gasteiger partial charge in [0.25, 0.3) is 5.91 Å². The van der Waals surface area contributed by atoms with Crippen molar-refractivity contribution in [2.45, 2.75) is 58.0 Å². The Labute approximate surface area is 238 Å². The first-order valence-electron chi connectivity index (χ1n) is 14.3. The molecule has 41 heavy (non-hydrogen) atoms. The van der Waals surface area contributed by atoms with E-state index in [-0.39, 0.29) is 40.8 Å². The zero-order chi connectivity index (χ0) is 28.1. The van der Waals surface area contributed by atoms with Gasteiger partial charge in [-0.25, -0.2) is 14.4 Å². The third-order valence-electron chi connectivity index (χ3n) is 8.77. The molecule has 1 amide bonds. The topological polar surface area (TPSA) is 89.0 Å². The fraction of sp³-hybridized carbons (Fsp3) is 0.452. The van der Waals surface area contributed by atoms with E-state index >= 15 is 0 Å². The molecule has 2 saturated heterocycles. The highest BCUT2D eigenvalue weighted by atomic mass is 19.1. The van der Waals surface area contributed by atoms with Gasteiger partial charge < -0.3 is 29.3 Å². The molecule has 1 spiro atoms. The molecule has 1 N–H and O–H groups in total. The molecule has 0 unspecified atom stereocenters. The van der Waals surface area contributed by atoms with E-state index in [9.17, 15) is 9.18 Å². The number of fused-ring (bicyclic) bond motifs is 1. The van der Waals surface area contributed by atoms with Gasteiger partial charge in [-0.15, -0.1) is 0 Å². The van der Waals surface area contributed by atoms with Gasteiger partial charge in [-0.3, -0.25) is 4.79 Å². The lowest BCUT2D eigenvalue weighted by Crippen LogP contribution is -2.65. The van der Waals surface area contributed by atoms with Crippen molar-refractivity contribution in [3.8, 4) is 17.2 Å². The van der Waals surface area contributed by atoms with Gasteiger partial charge >= 0.3 is 0 Å². The first-order valence-corrected chi connectivity index (χ1v) is 14.3. The number of carbonyl (C=O) groups excluding carboxylic acids is 1. The average molecular weight is 560 g/mol. The molecule has 2 atom stereocenters. The van der Waals surface area contributed by atoms with Gasteiger partial charge in [0.15, 0.2) is 11.6 Å². The van der Waals surface area contributed by atoms with Crippen LogP contribution in [0.25, 0.3) is 0 Å². The van der Waals surface area contributed by atoms with Crippen LogP contribution in [0.3, 0.4) is 0 Å². The van der Waals surface area contributed by atoms with E-state index in [2.05, 4.69) is 38.4 Å². The lowest BCUT2D eigenvalue weighted by Gasteiger charge is -2.59. The molecule has 9 nitrogen and oxygen atoms in total. The minimum Gasteiger partial charge on any atom is -0.490 e. The number of morpholine rings is 1. The number of anilines is 1. The van der Waals surface area contributed by atoms with Crippen LogP contribution in [0.1, 0.15) is 48.2 Å². The zero-order valence-electron chi connectivity index (χ0n) is 23.3. The van der Waals surface area contributed by atoms with Crippen LogP contribution in [0.15, 0.2) is 48.9 Å². The van der Waals surface area contributed by atoms with Crippen molar-refractivity contribution < 1.29 is 23.4 Å². The summed E-state index contributed by atoms with van der Waals surface area (Å²) in [4.78, 5) is 26.2. The van der Waals surface area contributed by atoms with E-state index in [0.717, 1.165) is 44.8 Å². The van der Waals surface area contributed by atoms with Crippen LogP contribution in [0, 0.1) is 11.2 Å². The van der Waals surface area contributed by atoms with E-state index < -0.39 is 5.82 Å². The monoisotopic (exact) mass is 559 g/mol. The van der Waals surface area contributed by atoms with Crippen molar-refractivity contribution in [3.05, 3.63) is 71.4 Å². The van der Waals surface area contributed by atoms with Crippen molar-refractivity contribution in [1.82, 2.24) is 20.2 Å². The quantitative estimate of drug-likeness (QED) is 0.478. The molecule has 4 aliphatic rings. The van der Waals surface area contributed by atoms with Crippen LogP contribution >= 0.6 is 0 Å². The highest BCUT2D eigenvalue weighted by Crippen LogP contribution is 2.52. The Bertz CT molecular complexity index is 1460. The normalized spacial score (nSPS) is 23.1. The Balaban J connectivity index is 1.04. The Morgan fingerprint density at radius 1 is 1.07 bits per heavy atom. The molecule has 1 aromatic heterocycles. The molecule has 3 aliphatic heterocycles.